The van der Waals surface area contributed by atoms with Gasteiger partial charge in [-0.25, -0.2) is 0 Å². The average molecular weight is 371 g/mol. The fourth-order valence-corrected chi connectivity index (χ4v) is 4.94. The van der Waals surface area contributed by atoms with Gasteiger partial charge < -0.3 is 18.8 Å². The molecule has 0 N–H and O–H groups in total. The molecule has 1 aliphatic carbocycles. The number of carbonyl (C=O) groups is 1. The summed E-state index contributed by atoms with van der Waals surface area (Å²) >= 11 is 0. The van der Waals surface area contributed by atoms with E-state index in [2.05, 4.69) is 21.7 Å². The first-order chi connectivity index (χ1) is 13.0. The molecule has 7 nitrogen and oxygen atoms in total. The molecule has 0 aromatic carbocycles. The summed E-state index contributed by atoms with van der Waals surface area (Å²) in [5.74, 6) is 1.43. The number of aryl methyl sites for hydroxylation is 2. The van der Waals surface area contributed by atoms with E-state index in [9.17, 15) is 4.79 Å². The Morgan fingerprint density at radius 1 is 1.37 bits per heavy atom. The van der Waals surface area contributed by atoms with Crippen molar-refractivity contribution in [2.24, 2.45) is 12.5 Å². The lowest BCUT2D eigenvalue weighted by Crippen LogP contribution is -2.38. The fraction of sp³-hybridized carbons (Fsp3) is 0.650. The summed E-state index contributed by atoms with van der Waals surface area (Å²) in [6.45, 7) is 7.06. The van der Waals surface area contributed by atoms with Crippen molar-refractivity contribution in [2.75, 3.05) is 26.8 Å². The topological polar surface area (TPSA) is 65.2 Å². The van der Waals surface area contributed by atoms with Crippen molar-refractivity contribution in [1.29, 1.82) is 0 Å². The number of carbonyl (C=O) groups excluding carboxylic acids is 1. The van der Waals surface area contributed by atoms with Crippen LogP contribution in [0.2, 0.25) is 0 Å². The van der Waals surface area contributed by atoms with Gasteiger partial charge >= 0.3 is 0 Å². The third-order valence-electron chi connectivity index (χ3n) is 6.67. The minimum Gasteiger partial charge on any atom is -0.383 e. The van der Waals surface area contributed by atoms with Gasteiger partial charge in [0.15, 0.2) is 0 Å². The Labute approximate surface area is 160 Å². The highest BCUT2D eigenvalue weighted by atomic mass is 16.5. The highest BCUT2D eigenvalue weighted by Crippen LogP contribution is 2.55. The maximum atomic E-state index is 13.4. The summed E-state index contributed by atoms with van der Waals surface area (Å²) in [7, 11) is 3.70. The van der Waals surface area contributed by atoms with Gasteiger partial charge in [0.05, 0.1) is 12.2 Å². The Morgan fingerprint density at radius 2 is 2.15 bits per heavy atom. The summed E-state index contributed by atoms with van der Waals surface area (Å²) in [4.78, 5) is 15.4. The van der Waals surface area contributed by atoms with Gasteiger partial charge in [-0.15, -0.1) is 10.2 Å². The molecule has 1 aliphatic heterocycles. The fourth-order valence-electron chi connectivity index (χ4n) is 4.94. The summed E-state index contributed by atoms with van der Waals surface area (Å²) in [6, 6.07) is 2.02. The van der Waals surface area contributed by atoms with Gasteiger partial charge in [-0.2, -0.15) is 0 Å². The Kier molecular flexibility index (Phi) is 4.58. The Bertz CT molecular complexity index is 849. The van der Waals surface area contributed by atoms with Crippen LogP contribution in [0.5, 0.6) is 0 Å². The third kappa shape index (κ3) is 2.88. The van der Waals surface area contributed by atoms with Crippen molar-refractivity contribution in [3.63, 3.8) is 0 Å². The maximum Gasteiger partial charge on any atom is 0.255 e. The number of ether oxygens (including phenoxy) is 1. The summed E-state index contributed by atoms with van der Waals surface area (Å²) in [5, 5.41) is 8.44. The van der Waals surface area contributed by atoms with Gasteiger partial charge in [0.2, 0.25) is 0 Å². The molecular formula is C20H29N5O2. The van der Waals surface area contributed by atoms with Crippen molar-refractivity contribution < 1.29 is 9.53 Å². The number of likely N-dealkylation sites (tertiary alicyclic amines) is 1. The standard InChI is InChI=1S/C20H29N5O2/c1-14-10-16(15(2)25(14)8-9-27-4)19(26)24-11-17(18-22-21-13-23(18)3)20(12-24)6-5-7-20/h10,13,17H,5-9,11-12H2,1-4H3. The Morgan fingerprint density at radius 3 is 2.74 bits per heavy atom. The second-order valence-corrected chi connectivity index (χ2v) is 8.18. The second-order valence-electron chi connectivity index (χ2n) is 8.18. The van der Waals surface area contributed by atoms with E-state index in [1.807, 2.05) is 29.5 Å². The van der Waals surface area contributed by atoms with Gasteiger partial charge in [-0.05, 0) is 38.2 Å². The molecule has 1 amide bonds. The van der Waals surface area contributed by atoms with Crippen LogP contribution in [-0.4, -0.2) is 56.9 Å². The molecule has 2 fully saturated rings. The number of hydrogen-bond acceptors (Lipinski definition) is 4. The molecule has 1 unspecified atom stereocenters. The van der Waals surface area contributed by atoms with Crippen LogP contribution in [-0.2, 0) is 18.3 Å². The van der Waals surface area contributed by atoms with Crippen LogP contribution in [0.4, 0.5) is 0 Å². The molecule has 0 radical (unpaired) electrons. The average Bonchev–Trinajstić information content (AvgIpc) is 3.28. The minimum absolute atomic E-state index is 0.141. The maximum absolute atomic E-state index is 13.4. The first kappa shape index (κ1) is 18.2. The zero-order chi connectivity index (χ0) is 19.2. The molecule has 3 heterocycles. The van der Waals surface area contributed by atoms with E-state index in [1.165, 1.54) is 19.3 Å². The van der Waals surface area contributed by atoms with Gasteiger partial charge in [0, 0.05) is 51.1 Å². The van der Waals surface area contributed by atoms with E-state index in [-0.39, 0.29) is 17.2 Å². The third-order valence-corrected chi connectivity index (χ3v) is 6.67. The number of rotatable bonds is 5. The summed E-state index contributed by atoms with van der Waals surface area (Å²) < 4.78 is 9.39. The first-order valence-electron chi connectivity index (χ1n) is 9.75. The quantitative estimate of drug-likeness (QED) is 0.809. The lowest BCUT2D eigenvalue weighted by molar-refractivity contribution is 0.0722. The van der Waals surface area contributed by atoms with Crippen LogP contribution in [0.3, 0.4) is 0 Å². The molecule has 1 atom stereocenters. The number of amides is 1. The molecule has 2 aliphatic rings. The number of aromatic nitrogens is 4. The molecule has 7 heteroatoms. The van der Waals surface area contributed by atoms with Crippen LogP contribution in [0, 0.1) is 19.3 Å². The minimum atomic E-state index is 0.141. The lowest BCUT2D eigenvalue weighted by atomic mass is 9.62. The van der Waals surface area contributed by atoms with E-state index >= 15 is 0 Å². The molecule has 2 aromatic rings. The highest BCUT2D eigenvalue weighted by molar-refractivity contribution is 5.96. The zero-order valence-corrected chi connectivity index (χ0v) is 16.7. The Hall–Kier alpha value is -2.15. The van der Waals surface area contributed by atoms with Gasteiger partial charge in [0.25, 0.3) is 5.91 Å². The second kappa shape index (κ2) is 6.78. The normalized spacial score (nSPS) is 21.0. The van der Waals surface area contributed by atoms with Crippen LogP contribution in [0.1, 0.15) is 52.8 Å². The van der Waals surface area contributed by atoms with E-state index in [0.29, 0.717) is 6.61 Å². The molecule has 1 saturated carbocycles. The smallest absolute Gasteiger partial charge is 0.255 e. The van der Waals surface area contributed by atoms with Gasteiger partial charge in [0.1, 0.15) is 12.2 Å². The van der Waals surface area contributed by atoms with Crippen molar-refractivity contribution in [2.45, 2.75) is 45.6 Å². The highest BCUT2D eigenvalue weighted by Gasteiger charge is 2.53. The number of methoxy groups -OCH3 is 1. The van der Waals surface area contributed by atoms with Crippen molar-refractivity contribution in [3.8, 4) is 0 Å². The number of hydrogen-bond donors (Lipinski definition) is 0. The van der Waals surface area contributed by atoms with Crippen LogP contribution < -0.4 is 0 Å². The number of nitrogens with zero attached hydrogens (tertiary/aromatic N) is 5. The van der Waals surface area contributed by atoms with Crippen LogP contribution >= 0.6 is 0 Å². The zero-order valence-electron chi connectivity index (χ0n) is 16.7. The summed E-state index contributed by atoms with van der Waals surface area (Å²) in [5.41, 5.74) is 3.13. The van der Waals surface area contributed by atoms with E-state index in [0.717, 1.165) is 42.4 Å². The first-order valence-corrected chi connectivity index (χ1v) is 9.75. The lowest BCUT2D eigenvalue weighted by Gasteiger charge is -2.42. The van der Waals surface area contributed by atoms with Gasteiger partial charge in [-0.3, -0.25) is 4.79 Å². The van der Waals surface area contributed by atoms with E-state index in [4.69, 9.17) is 4.74 Å². The predicted octanol–water partition coefficient (Wildman–Crippen LogP) is 2.29. The Balaban J connectivity index is 1.59. The molecule has 4 rings (SSSR count). The SMILES string of the molecule is COCCn1c(C)cc(C(=O)N2CC(c3nncn3C)C3(CCC3)C2)c1C. The van der Waals surface area contributed by atoms with E-state index in [1.54, 1.807) is 13.4 Å². The van der Waals surface area contributed by atoms with E-state index < -0.39 is 0 Å². The van der Waals surface area contributed by atoms with Crippen molar-refractivity contribution in [1.82, 2.24) is 24.2 Å². The summed E-state index contributed by atoms with van der Waals surface area (Å²) in [6.07, 6.45) is 5.33. The molecular weight excluding hydrogens is 342 g/mol. The molecule has 27 heavy (non-hydrogen) atoms. The van der Waals surface area contributed by atoms with Crippen molar-refractivity contribution >= 4 is 5.91 Å². The predicted molar refractivity (Wildman–Crippen MR) is 102 cm³/mol. The molecule has 146 valence electrons. The van der Waals surface area contributed by atoms with Crippen LogP contribution in [0.15, 0.2) is 12.4 Å². The van der Waals surface area contributed by atoms with Crippen molar-refractivity contribution in [3.05, 3.63) is 35.2 Å². The molecule has 0 bridgehead atoms. The van der Waals surface area contributed by atoms with Gasteiger partial charge in [-0.1, -0.05) is 6.42 Å². The molecule has 1 saturated heterocycles. The molecule has 2 aromatic heterocycles. The largest absolute Gasteiger partial charge is 0.383 e. The monoisotopic (exact) mass is 371 g/mol. The molecule has 1 spiro atoms. The van der Waals surface area contributed by atoms with Crippen LogP contribution in [0.25, 0.3) is 0 Å².